The van der Waals surface area contributed by atoms with Crippen LogP contribution in [0, 0.1) is 0 Å². The van der Waals surface area contributed by atoms with E-state index in [0.29, 0.717) is 16.5 Å². The molecule has 0 fully saturated rings. The second-order valence-corrected chi connectivity index (χ2v) is 5.64. The van der Waals surface area contributed by atoms with Crippen molar-refractivity contribution in [1.82, 2.24) is 0 Å². The van der Waals surface area contributed by atoms with E-state index in [1.807, 2.05) is 0 Å². The monoisotopic (exact) mass is 276 g/mol. The van der Waals surface area contributed by atoms with E-state index in [1.165, 1.54) is 0 Å². The summed E-state index contributed by atoms with van der Waals surface area (Å²) >= 11 is 13.5. The molecule has 86 valence electrons. The van der Waals surface area contributed by atoms with Gasteiger partial charge in [0, 0.05) is 4.90 Å². The van der Waals surface area contributed by atoms with Crippen LogP contribution in [0.2, 0.25) is 10.0 Å². The van der Waals surface area contributed by atoms with Crippen LogP contribution in [0.4, 0.5) is 0 Å². The lowest BCUT2D eigenvalue weighted by molar-refractivity contribution is -0.139. The van der Waals surface area contributed by atoms with Gasteiger partial charge in [-0.2, -0.15) is 0 Å². The number of rotatable bonds is 1. The van der Waals surface area contributed by atoms with Crippen molar-refractivity contribution in [2.75, 3.05) is 5.75 Å². The van der Waals surface area contributed by atoms with Gasteiger partial charge in [-0.05, 0) is 36.3 Å². The Morgan fingerprint density at radius 1 is 1.38 bits per heavy atom. The number of carboxylic acid groups (broad SMARTS) is 1. The van der Waals surface area contributed by atoms with Crippen molar-refractivity contribution in [2.24, 2.45) is 0 Å². The van der Waals surface area contributed by atoms with E-state index in [9.17, 15) is 9.90 Å². The highest BCUT2D eigenvalue weighted by Gasteiger charge is 2.26. The molecule has 1 aromatic carbocycles. The summed E-state index contributed by atoms with van der Waals surface area (Å²) in [6.45, 7) is 0. The third-order valence-corrected chi connectivity index (χ3v) is 4.50. The Kier molecular flexibility index (Phi) is 3.67. The first-order valence-electron chi connectivity index (χ1n) is 4.94. The smallest absolute Gasteiger partial charge is 0.311 e. The molecule has 0 radical (unpaired) electrons. The minimum Gasteiger partial charge on any atom is -0.481 e. The molecule has 1 atom stereocenters. The Morgan fingerprint density at radius 2 is 2.06 bits per heavy atom. The molecule has 1 aliphatic heterocycles. The minimum absolute atomic E-state index is 0.425. The molecular weight excluding hydrogens is 267 g/mol. The molecular formula is C11H10Cl2O2S. The molecule has 16 heavy (non-hydrogen) atoms. The highest BCUT2D eigenvalue weighted by Crippen LogP contribution is 2.40. The number of aliphatic carboxylic acids is 1. The predicted molar refractivity (Wildman–Crippen MR) is 66.8 cm³/mol. The highest BCUT2D eigenvalue weighted by molar-refractivity contribution is 7.99. The summed E-state index contributed by atoms with van der Waals surface area (Å²) in [5, 5.41) is 10.1. The maximum atomic E-state index is 11.2. The molecule has 0 aromatic heterocycles. The number of thioether (sulfide) groups is 1. The number of benzene rings is 1. The van der Waals surface area contributed by atoms with Crippen LogP contribution in [0.5, 0.6) is 0 Å². The van der Waals surface area contributed by atoms with Crippen LogP contribution in [0.25, 0.3) is 0 Å². The fourth-order valence-corrected chi connectivity index (χ4v) is 3.32. The molecule has 0 aliphatic carbocycles. The van der Waals surface area contributed by atoms with Gasteiger partial charge in [-0.25, -0.2) is 0 Å². The number of carboxylic acids is 1. The number of hydrogen-bond donors (Lipinski definition) is 1. The van der Waals surface area contributed by atoms with Crippen molar-refractivity contribution in [1.29, 1.82) is 0 Å². The van der Waals surface area contributed by atoms with Crippen LogP contribution >= 0.6 is 35.0 Å². The third kappa shape index (κ3) is 2.31. The van der Waals surface area contributed by atoms with Gasteiger partial charge in [0.25, 0.3) is 0 Å². The average molecular weight is 277 g/mol. The molecule has 5 heteroatoms. The molecule has 1 aliphatic rings. The first kappa shape index (κ1) is 12.1. The SMILES string of the molecule is O=C(O)C1CCCSc2cc(Cl)c(Cl)cc21. The molecule has 1 unspecified atom stereocenters. The Hall–Kier alpha value is -0.380. The Balaban J connectivity index is 2.52. The molecule has 1 heterocycles. The van der Waals surface area contributed by atoms with Crippen LogP contribution in [0.3, 0.4) is 0 Å². The number of halogens is 2. The topological polar surface area (TPSA) is 37.3 Å². The molecule has 1 aromatic rings. The van der Waals surface area contributed by atoms with Crippen molar-refractivity contribution in [2.45, 2.75) is 23.7 Å². The van der Waals surface area contributed by atoms with Crippen LogP contribution in [-0.2, 0) is 4.79 Å². The van der Waals surface area contributed by atoms with Crippen LogP contribution in [-0.4, -0.2) is 16.8 Å². The number of hydrogen-bond acceptors (Lipinski definition) is 2. The molecule has 0 saturated heterocycles. The second-order valence-electron chi connectivity index (χ2n) is 3.69. The summed E-state index contributed by atoms with van der Waals surface area (Å²) in [6.07, 6.45) is 1.55. The van der Waals surface area contributed by atoms with Gasteiger partial charge in [0.15, 0.2) is 0 Å². The summed E-state index contributed by atoms with van der Waals surface area (Å²) < 4.78 is 0. The maximum absolute atomic E-state index is 11.2. The number of fused-ring (bicyclic) bond motifs is 1. The van der Waals surface area contributed by atoms with Crippen LogP contribution in [0.1, 0.15) is 24.3 Å². The van der Waals surface area contributed by atoms with Gasteiger partial charge in [0.2, 0.25) is 0 Å². The van der Waals surface area contributed by atoms with E-state index in [2.05, 4.69) is 0 Å². The predicted octanol–water partition coefficient (Wildman–Crippen LogP) is 4.05. The van der Waals surface area contributed by atoms with Crippen LogP contribution < -0.4 is 0 Å². The summed E-state index contributed by atoms with van der Waals surface area (Å²) in [6, 6.07) is 3.46. The van der Waals surface area contributed by atoms with Gasteiger partial charge in [0.05, 0.1) is 16.0 Å². The summed E-state index contributed by atoms with van der Waals surface area (Å²) in [7, 11) is 0. The number of carbonyl (C=O) groups is 1. The van der Waals surface area contributed by atoms with Gasteiger partial charge in [-0.1, -0.05) is 23.2 Å². The Bertz CT molecular complexity index is 434. The fraction of sp³-hybridized carbons (Fsp3) is 0.364. The quantitative estimate of drug-likeness (QED) is 0.841. The zero-order valence-electron chi connectivity index (χ0n) is 8.37. The zero-order valence-corrected chi connectivity index (χ0v) is 10.7. The van der Waals surface area contributed by atoms with E-state index in [0.717, 1.165) is 22.6 Å². The van der Waals surface area contributed by atoms with E-state index in [1.54, 1.807) is 23.9 Å². The van der Waals surface area contributed by atoms with Gasteiger partial charge in [0.1, 0.15) is 0 Å². The molecule has 0 spiro atoms. The van der Waals surface area contributed by atoms with E-state index >= 15 is 0 Å². The molecule has 1 N–H and O–H groups in total. The lowest BCUT2D eigenvalue weighted by atomic mass is 9.95. The summed E-state index contributed by atoms with van der Waals surface area (Å²) in [5.41, 5.74) is 0.796. The maximum Gasteiger partial charge on any atom is 0.311 e. The van der Waals surface area contributed by atoms with Crippen molar-refractivity contribution in [3.63, 3.8) is 0 Å². The first-order chi connectivity index (χ1) is 7.59. The average Bonchev–Trinajstić information content (AvgIpc) is 2.41. The molecule has 0 amide bonds. The zero-order chi connectivity index (χ0) is 11.7. The lowest BCUT2D eigenvalue weighted by Crippen LogP contribution is -2.11. The van der Waals surface area contributed by atoms with Gasteiger partial charge < -0.3 is 5.11 Å². The second kappa shape index (κ2) is 4.86. The lowest BCUT2D eigenvalue weighted by Gasteiger charge is -2.13. The normalized spacial score (nSPS) is 20.0. The Morgan fingerprint density at radius 3 is 2.75 bits per heavy atom. The standard InChI is InChI=1S/C11H10Cl2O2S/c12-8-4-7-6(11(14)15)2-1-3-16-10(7)5-9(8)13/h4-6H,1-3H2,(H,14,15). The summed E-state index contributed by atoms with van der Waals surface area (Å²) in [4.78, 5) is 12.1. The first-order valence-corrected chi connectivity index (χ1v) is 6.68. The summed E-state index contributed by atoms with van der Waals surface area (Å²) in [5.74, 6) is -0.323. The van der Waals surface area contributed by atoms with Crippen molar-refractivity contribution < 1.29 is 9.90 Å². The van der Waals surface area contributed by atoms with Crippen LogP contribution in [0.15, 0.2) is 17.0 Å². The van der Waals surface area contributed by atoms with E-state index in [4.69, 9.17) is 23.2 Å². The highest BCUT2D eigenvalue weighted by atomic mass is 35.5. The van der Waals surface area contributed by atoms with Crippen molar-refractivity contribution in [3.05, 3.63) is 27.7 Å². The fourth-order valence-electron chi connectivity index (χ4n) is 1.82. The Labute approximate surface area is 108 Å². The third-order valence-electron chi connectivity index (χ3n) is 2.62. The molecule has 2 nitrogen and oxygen atoms in total. The molecule has 0 saturated carbocycles. The minimum atomic E-state index is -0.790. The van der Waals surface area contributed by atoms with Crippen molar-refractivity contribution in [3.8, 4) is 0 Å². The largest absolute Gasteiger partial charge is 0.481 e. The molecule has 2 rings (SSSR count). The van der Waals surface area contributed by atoms with E-state index < -0.39 is 11.9 Å². The molecule has 0 bridgehead atoms. The van der Waals surface area contributed by atoms with E-state index in [-0.39, 0.29) is 0 Å². The van der Waals surface area contributed by atoms with Gasteiger partial charge >= 0.3 is 5.97 Å². The van der Waals surface area contributed by atoms with Crippen molar-refractivity contribution >= 4 is 40.9 Å². The van der Waals surface area contributed by atoms with Gasteiger partial charge in [-0.15, -0.1) is 11.8 Å². The van der Waals surface area contributed by atoms with Gasteiger partial charge in [-0.3, -0.25) is 4.79 Å².